The maximum atomic E-state index is 12.8. The molecule has 0 bridgehead atoms. The Kier molecular flexibility index (Phi) is 6.41. The van der Waals surface area contributed by atoms with Crippen LogP contribution in [0.15, 0.2) is 36.4 Å². The number of carbonyl (C=O) groups excluding carboxylic acids is 1. The summed E-state index contributed by atoms with van der Waals surface area (Å²) in [6, 6.07) is 11.5. The molecule has 0 spiro atoms. The molecule has 1 amide bonds. The highest BCUT2D eigenvalue weighted by Gasteiger charge is 2.19. The quantitative estimate of drug-likeness (QED) is 0.829. The van der Waals surface area contributed by atoms with Crippen molar-refractivity contribution in [1.29, 1.82) is 0 Å². The molecule has 1 aliphatic rings. The van der Waals surface area contributed by atoms with Gasteiger partial charge in [-0.3, -0.25) is 4.79 Å². The average molecular weight is 383 g/mol. The van der Waals surface area contributed by atoms with Gasteiger partial charge in [0.25, 0.3) is 5.91 Å². The molecule has 0 saturated carbocycles. The fraction of sp³-hybridized carbons (Fsp3) is 0.409. The molecule has 28 heavy (non-hydrogen) atoms. The van der Waals surface area contributed by atoms with Crippen LogP contribution < -0.4 is 19.7 Å². The van der Waals surface area contributed by atoms with Crippen molar-refractivity contribution in [3.63, 3.8) is 0 Å². The molecule has 6 nitrogen and oxygen atoms in total. The van der Waals surface area contributed by atoms with E-state index in [9.17, 15) is 4.79 Å². The number of carbonyl (C=O) groups is 1. The van der Waals surface area contributed by atoms with Crippen LogP contribution in [0.1, 0.15) is 22.8 Å². The van der Waals surface area contributed by atoms with Gasteiger partial charge in [0.1, 0.15) is 0 Å². The van der Waals surface area contributed by atoms with Gasteiger partial charge in [0.05, 0.1) is 19.8 Å². The molecule has 0 unspecified atom stereocenters. The number of anilines is 2. The van der Waals surface area contributed by atoms with E-state index in [1.807, 2.05) is 13.0 Å². The fourth-order valence-corrected chi connectivity index (χ4v) is 3.56. The van der Waals surface area contributed by atoms with Crippen LogP contribution in [0.25, 0.3) is 0 Å². The summed E-state index contributed by atoms with van der Waals surface area (Å²) in [5.74, 6) is 0.752. The highest BCUT2D eigenvalue weighted by Crippen LogP contribution is 2.32. The second-order valence-electron chi connectivity index (χ2n) is 6.92. The number of piperazine rings is 1. The number of hydrogen-bond acceptors (Lipinski definition) is 5. The van der Waals surface area contributed by atoms with Gasteiger partial charge >= 0.3 is 0 Å². The average Bonchev–Trinajstić information content (AvgIpc) is 2.74. The number of ether oxygens (including phenoxy) is 2. The van der Waals surface area contributed by atoms with E-state index in [2.05, 4.69) is 34.2 Å². The van der Waals surface area contributed by atoms with E-state index in [0.29, 0.717) is 17.1 Å². The first-order chi connectivity index (χ1) is 13.6. The van der Waals surface area contributed by atoms with E-state index >= 15 is 0 Å². The van der Waals surface area contributed by atoms with E-state index in [1.54, 1.807) is 25.3 Å². The van der Waals surface area contributed by atoms with Crippen molar-refractivity contribution < 1.29 is 14.3 Å². The molecule has 1 fully saturated rings. The van der Waals surface area contributed by atoms with Crippen molar-refractivity contribution >= 4 is 17.3 Å². The van der Waals surface area contributed by atoms with E-state index in [-0.39, 0.29) is 5.91 Å². The first kappa shape index (κ1) is 20.0. The Morgan fingerprint density at radius 3 is 2.43 bits per heavy atom. The number of methoxy groups -OCH3 is 2. The molecule has 1 N–H and O–H groups in total. The van der Waals surface area contributed by atoms with Crippen molar-refractivity contribution in [3.05, 3.63) is 47.5 Å². The van der Waals surface area contributed by atoms with Gasteiger partial charge in [-0.1, -0.05) is 13.0 Å². The molecule has 3 rings (SSSR count). The third-order valence-electron chi connectivity index (χ3n) is 5.29. The number of amides is 1. The Bertz CT molecular complexity index is 830. The van der Waals surface area contributed by atoms with Crippen LogP contribution in [-0.4, -0.2) is 57.8 Å². The van der Waals surface area contributed by atoms with Gasteiger partial charge in [-0.15, -0.1) is 0 Å². The van der Waals surface area contributed by atoms with E-state index in [4.69, 9.17) is 9.47 Å². The number of nitrogens with one attached hydrogen (secondary N) is 1. The van der Waals surface area contributed by atoms with Gasteiger partial charge < -0.3 is 24.6 Å². The lowest BCUT2D eigenvalue weighted by molar-refractivity contribution is 0.102. The summed E-state index contributed by atoms with van der Waals surface area (Å²) < 4.78 is 10.7. The summed E-state index contributed by atoms with van der Waals surface area (Å²) in [6.07, 6.45) is 0. The number of nitrogens with zero attached hydrogens (tertiary/aromatic N) is 2. The predicted octanol–water partition coefficient (Wildman–Crippen LogP) is 3.41. The highest BCUT2D eigenvalue weighted by atomic mass is 16.5. The topological polar surface area (TPSA) is 54.0 Å². The Morgan fingerprint density at radius 2 is 1.82 bits per heavy atom. The maximum Gasteiger partial charge on any atom is 0.259 e. The molecule has 0 radical (unpaired) electrons. The zero-order valence-electron chi connectivity index (χ0n) is 17.1. The third kappa shape index (κ3) is 4.22. The van der Waals surface area contributed by atoms with Gasteiger partial charge in [-0.05, 0) is 49.4 Å². The Labute approximate surface area is 167 Å². The molecule has 1 saturated heterocycles. The number of aryl methyl sites for hydroxylation is 1. The standard InChI is InChI=1S/C22H29N3O3/c1-5-24-11-13-25(14-12-24)17-9-10-19(16(2)15-17)23-22(26)18-7-6-8-20(27-3)21(18)28-4/h6-10,15H,5,11-14H2,1-4H3,(H,23,26). The lowest BCUT2D eigenvalue weighted by Crippen LogP contribution is -2.46. The van der Waals surface area contributed by atoms with Crippen molar-refractivity contribution in [3.8, 4) is 11.5 Å². The normalized spacial score (nSPS) is 14.6. The lowest BCUT2D eigenvalue weighted by Gasteiger charge is -2.35. The minimum atomic E-state index is -0.219. The van der Waals surface area contributed by atoms with Crippen LogP contribution >= 0.6 is 0 Å². The number of benzene rings is 2. The summed E-state index contributed by atoms with van der Waals surface area (Å²) in [4.78, 5) is 17.7. The van der Waals surface area contributed by atoms with E-state index in [0.717, 1.165) is 44.0 Å². The minimum Gasteiger partial charge on any atom is -0.493 e. The zero-order valence-corrected chi connectivity index (χ0v) is 17.1. The lowest BCUT2D eigenvalue weighted by atomic mass is 10.1. The molecule has 2 aromatic rings. The predicted molar refractivity (Wildman–Crippen MR) is 113 cm³/mol. The van der Waals surface area contributed by atoms with Gasteiger partial charge in [0, 0.05) is 37.6 Å². The van der Waals surface area contributed by atoms with Gasteiger partial charge in [-0.25, -0.2) is 0 Å². The first-order valence-electron chi connectivity index (χ1n) is 9.67. The summed E-state index contributed by atoms with van der Waals surface area (Å²) in [6.45, 7) is 9.55. The summed E-state index contributed by atoms with van der Waals surface area (Å²) in [5, 5.41) is 3.00. The van der Waals surface area contributed by atoms with Gasteiger partial charge in [0.15, 0.2) is 11.5 Å². The van der Waals surface area contributed by atoms with Crippen LogP contribution in [0.5, 0.6) is 11.5 Å². The first-order valence-corrected chi connectivity index (χ1v) is 9.67. The minimum absolute atomic E-state index is 0.219. The fourth-order valence-electron chi connectivity index (χ4n) is 3.56. The van der Waals surface area contributed by atoms with Crippen molar-refractivity contribution in [2.24, 2.45) is 0 Å². The van der Waals surface area contributed by atoms with Gasteiger partial charge in [-0.2, -0.15) is 0 Å². The number of hydrogen-bond donors (Lipinski definition) is 1. The van der Waals surface area contributed by atoms with E-state index in [1.165, 1.54) is 12.8 Å². The third-order valence-corrected chi connectivity index (χ3v) is 5.29. The van der Waals surface area contributed by atoms with Crippen molar-refractivity contribution in [2.75, 3.05) is 57.2 Å². The number of rotatable bonds is 6. The smallest absolute Gasteiger partial charge is 0.259 e. The molecular formula is C22H29N3O3. The number of para-hydroxylation sites is 1. The second kappa shape index (κ2) is 8.97. The molecule has 0 aromatic heterocycles. The molecule has 1 aliphatic heterocycles. The van der Waals surface area contributed by atoms with Gasteiger partial charge in [0.2, 0.25) is 0 Å². The zero-order chi connectivity index (χ0) is 20.1. The van der Waals surface area contributed by atoms with Crippen LogP contribution in [0.4, 0.5) is 11.4 Å². The van der Waals surface area contributed by atoms with Crippen LogP contribution in [0.2, 0.25) is 0 Å². The SMILES string of the molecule is CCN1CCN(c2ccc(NC(=O)c3cccc(OC)c3OC)c(C)c2)CC1. The molecule has 150 valence electrons. The summed E-state index contributed by atoms with van der Waals surface area (Å²) >= 11 is 0. The molecule has 1 heterocycles. The number of likely N-dealkylation sites (N-methyl/N-ethyl adjacent to an activating group) is 1. The highest BCUT2D eigenvalue weighted by molar-refractivity contribution is 6.07. The van der Waals surface area contributed by atoms with Crippen LogP contribution in [-0.2, 0) is 0 Å². The largest absolute Gasteiger partial charge is 0.493 e. The Balaban J connectivity index is 1.74. The maximum absolute atomic E-state index is 12.8. The van der Waals surface area contributed by atoms with Crippen LogP contribution in [0.3, 0.4) is 0 Å². The molecule has 6 heteroatoms. The Hall–Kier alpha value is -2.73. The Morgan fingerprint density at radius 1 is 1.07 bits per heavy atom. The molecule has 2 aromatic carbocycles. The van der Waals surface area contributed by atoms with Crippen molar-refractivity contribution in [2.45, 2.75) is 13.8 Å². The summed E-state index contributed by atoms with van der Waals surface area (Å²) in [5.41, 5.74) is 3.47. The van der Waals surface area contributed by atoms with E-state index < -0.39 is 0 Å². The van der Waals surface area contributed by atoms with Crippen LogP contribution in [0, 0.1) is 6.92 Å². The molecule has 0 aliphatic carbocycles. The van der Waals surface area contributed by atoms with Crippen molar-refractivity contribution in [1.82, 2.24) is 4.90 Å². The second-order valence-corrected chi connectivity index (χ2v) is 6.92. The molecular weight excluding hydrogens is 354 g/mol. The monoisotopic (exact) mass is 383 g/mol. The molecule has 0 atom stereocenters. The summed E-state index contributed by atoms with van der Waals surface area (Å²) in [7, 11) is 3.09.